The maximum absolute atomic E-state index is 11.0. The number of nitrogens with zero attached hydrogens (tertiary/aromatic N) is 2. The van der Waals surface area contributed by atoms with Crippen LogP contribution in [0.4, 0.5) is 0 Å². The first-order chi connectivity index (χ1) is 5.38. The van der Waals surface area contributed by atoms with E-state index < -0.39 is 0 Å². The van der Waals surface area contributed by atoms with Gasteiger partial charge in [-0.15, -0.1) is 0 Å². The summed E-state index contributed by atoms with van der Waals surface area (Å²) in [5.74, 6) is 0. The van der Waals surface area contributed by atoms with E-state index >= 15 is 0 Å². The fourth-order valence-corrected chi connectivity index (χ4v) is 0.921. The van der Waals surface area contributed by atoms with Gasteiger partial charge in [0.1, 0.15) is 6.33 Å². The lowest BCUT2D eigenvalue weighted by Crippen LogP contribution is -2.05. The average Bonchev–Trinajstić information content (AvgIpc) is 2.06. The van der Waals surface area contributed by atoms with Crippen LogP contribution in [0.25, 0.3) is 10.9 Å². The second-order valence-corrected chi connectivity index (χ2v) is 2.13. The first-order valence-electron chi connectivity index (χ1n) is 3.15. The third-order valence-corrected chi connectivity index (χ3v) is 1.44. The van der Waals surface area contributed by atoms with E-state index in [1.165, 1.54) is 12.5 Å². The molecule has 1 N–H and O–H groups in total. The summed E-state index contributed by atoms with van der Waals surface area (Å²) in [5, 5.41) is 0.523. The zero-order valence-electron chi connectivity index (χ0n) is 5.61. The van der Waals surface area contributed by atoms with Gasteiger partial charge in [0.25, 0.3) is 5.56 Å². The highest BCUT2D eigenvalue weighted by atomic mass is 16.1. The molecule has 2 heterocycles. The van der Waals surface area contributed by atoms with Crippen LogP contribution < -0.4 is 5.56 Å². The van der Waals surface area contributed by atoms with E-state index in [0.717, 1.165) is 0 Å². The van der Waals surface area contributed by atoms with E-state index in [0.29, 0.717) is 10.9 Å². The maximum Gasteiger partial charge on any atom is 0.258 e. The van der Waals surface area contributed by atoms with Gasteiger partial charge in [0.15, 0.2) is 0 Å². The Bertz CT molecular complexity index is 429. The van der Waals surface area contributed by atoms with Gasteiger partial charge in [-0.2, -0.15) is 0 Å². The molecule has 4 nitrogen and oxygen atoms in total. The number of nitrogens with one attached hydrogen (secondary N) is 1. The van der Waals surface area contributed by atoms with Gasteiger partial charge in [-0.05, 0) is 6.07 Å². The van der Waals surface area contributed by atoms with Crippen LogP contribution in [0, 0.1) is 0 Å². The van der Waals surface area contributed by atoms with Crippen molar-refractivity contribution in [2.24, 2.45) is 0 Å². The molecule has 0 amide bonds. The quantitative estimate of drug-likeness (QED) is 0.583. The Labute approximate surface area is 61.9 Å². The summed E-state index contributed by atoms with van der Waals surface area (Å²) in [4.78, 5) is 21.2. The summed E-state index contributed by atoms with van der Waals surface area (Å²) in [6.07, 6.45) is 4.49. The second-order valence-electron chi connectivity index (χ2n) is 2.13. The normalized spacial score (nSPS) is 10.2. The largest absolute Gasteiger partial charge is 0.328 e. The number of fused-ring (bicyclic) bond motifs is 1. The van der Waals surface area contributed by atoms with Crippen molar-refractivity contribution in [2.45, 2.75) is 0 Å². The van der Waals surface area contributed by atoms with Gasteiger partial charge in [0.2, 0.25) is 0 Å². The molecular weight excluding hydrogens is 142 g/mol. The highest BCUT2D eigenvalue weighted by Gasteiger charge is 1.95. The van der Waals surface area contributed by atoms with E-state index in [1.807, 2.05) is 0 Å². The molecule has 0 aliphatic rings. The molecule has 0 aromatic carbocycles. The van der Waals surface area contributed by atoms with Gasteiger partial charge in [-0.3, -0.25) is 4.79 Å². The van der Waals surface area contributed by atoms with Crippen molar-refractivity contribution in [3.05, 3.63) is 35.1 Å². The molecule has 2 aromatic heterocycles. The molecule has 0 saturated carbocycles. The summed E-state index contributed by atoms with van der Waals surface area (Å²) in [6, 6.07) is 1.73. The van der Waals surface area contributed by atoms with Crippen molar-refractivity contribution in [2.75, 3.05) is 0 Å². The minimum absolute atomic E-state index is 0.150. The summed E-state index contributed by atoms with van der Waals surface area (Å²) in [7, 11) is 0. The topological polar surface area (TPSA) is 58.6 Å². The van der Waals surface area contributed by atoms with E-state index in [9.17, 15) is 4.79 Å². The highest BCUT2D eigenvalue weighted by molar-refractivity contribution is 5.75. The SMILES string of the molecule is O=c1[nH]ccc2ncncc12. The zero-order chi connectivity index (χ0) is 7.68. The molecule has 0 atom stereocenters. The van der Waals surface area contributed by atoms with E-state index in [4.69, 9.17) is 0 Å². The highest BCUT2D eigenvalue weighted by Crippen LogP contribution is 1.99. The van der Waals surface area contributed by atoms with Crippen molar-refractivity contribution < 1.29 is 0 Å². The molecular formula is C7H5N3O. The Morgan fingerprint density at radius 1 is 1.45 bits per heavy atom. The molecule has 0 radical (unpaired) electrons. The molecule has 2 rings (SSSR count). The van der Waals surface area contributed by atoms with E-state index in [-0.39, 0.29) is 5.56 Å². The lowest BCUT2D eigenvalue weighted by molar-refractivity contribution is 1.19. The van der Waals surface area contributed by atoms with Crippen molar-refractivity contribution in [1.82, 2.24) is 15.0 Å². The van der Waals surface area contributed by atoms with Crippen LogP contribution in [-0.2, 0) is 0 Å². The molecule has 0 aliphatic heterocycles. The van der Waals surface area contributed by atoms with Gasteiger partial charge in [0.05, 0.1) is 10.9 Å². The monoisotopic (exact) mass is 147 g/mol. The molecule has 2 aromatic rings. The number of hydrogen-bond acceptors (Lipinski definition) is 3. The number of H-pyrrole nitrogens is 1. The lowest BCUT2D eigenvalue weighted by Gasteiger charge is -1.90. The Hall–Kier alpha value is -1.71. The van der Waals surface area contributed by atoms with Crippen LogP contribution in [-0.4, -0.2) is 15.0 Å². The summed E-state index contributed by atoms with van der Waals surface area (Å²) >= 11 is 0. The van der Waals surface area contributed by atoms with Gasteiger partial charge >= 0.3 is 0 Å². The first-order valence-corrected chi connectivity index (χ1v) is 3.15. The van der Waals surface area contributed by atoms with E-state index in [1.54, 1.807) is 12.3 Å². The molecule has 0 unspecified atom stereocenters. The minimum Gasteiger partial charge on any atom is -0.328 e. The average molecular weight is 147 g/mol. The van der Waals surface area contributed by atoms with Crippen LogP contribution >= 0.6 is 0 Å². The smallest absolute Gasteiger partial charge is 0.258 e. The Kier molecular flexibility index (Phi) is 1.18. The van der Waals surface area contributed by atoms with Crippen molar-refractivity contribution in [3.8, 4) is 0 Å². The zero-order valence-corrected chi connectivity index (χ0v) is 5.61. The van der Waals surface area contributed by atoms with Crippen molar-refractivity contribution >= 4 is 10.9 Å². The van der Waals surface area contributed by atoms with Crippen LogP contribution in [0.3, 0.4) is 0 Å². The molecule has 0 bridgehead atoms. The van der Waals surface area contributed by atoms with Crippen molar-refractivity contribution in [3.63, 3.8) is 0 Å². The van der Waals surface area contributed by atoms with Crippen molar-refractivity contribution in [1.29, 1.82) is 0 Å². The maximum atomic E-state index is 11.0. The first kappa shape index (κ1) is 6.03. The number of hydrogen-bond donors (Lipinski definition) is 1. The third kappa shape index (κ3) is 0.881. The fraction of sp³-hybridized carbons (Fsp3) is 0. The second kappa shape index (κ2) is 2.16. The molecule has 11 heavy (non-hydrogen) atoms. The predicted molar refractivity (Wildman–Crippen MR) is 40.2 cm³/mol. The Balaban J connectivity index is 3.03. The number of aromatic nitrogens is 3. The third-order valence-electron chi connectivity index (χ3n) is 1.44. The summed E-state index contributed by atoms with van der Waals surface area (Å²) in [5.41, 5.74) is 0.520. The predicted octanol–water partition coefficient (Wildman–Crippen LogP) is 0.318. The molecule has 0 saturated heterocycles. The standard InChI is InChI=1S/C7H5N3O/c11-7-5-3-8-4-10-6(5)1-2-9-7/h1-4H,(H,9,11). The van der Waals surface area contributed by atoms with Crippen LogP contribution in [0.1, 0.15) is 0 Å². The number of pyridine rings is 1. The van der Waals surface area contributed by atoms with Gasteiger partial charge in [-0.1, -0.05) is 0 Å². The van der Waals surface area contributed by atoms with Crippen LogP contribution in [0.15, 0.2) is 29.6 Å². The summed E-state index contributed by atoms with van der Waals surface area (Å²) < 4.78 is 0. The molecule has 54 valence electrons. The van der Waals surface area contributed by atoms with Crippen LogP contribution in [0.2, 0.25) is 0 Å². The molecule has 0 spiro atoms. The Morgan fingerprint density at radius 2 is 2.36 bits per heavy atom. The number of rotatable bonds is 0. The van der Waals surface area contributed by atoms with E-state index in [2.05, 4.69) is 15.0 Å². The van der Waals surface area contributed by atoms with Gasteiger partial charge < -0.3 is 4.98 Å². The fourth-order valence-electron chi connectivity index (χ4n) is 0.921. The summed E-state index contributed by atoms with van der Waals surface area (Å²) in [6.45, 7) is 0. The van der Waals surface area contributed by atoms with Crippen LogP contribution in [0.5, 0.6) is 0 Å². The Morgan fingerprint density at radius 3 is 3.18 bits per heavy atom. The number of aromatic amines is 1. The van der Waals surface area contributed by atoms with Gasteiger partial charge in [0, 0.05) is 12.4 Å². The molecule has 0 fully saturated rings. The lowest BCUT2D eigenvalue weighted by atomic mass is 10.3. The molecule has 0 aliphatic carbocycles. The van der Waals surface area contributed by atoms with Gasteiger partial charge in [-0.25, -0.2) is 9.97 Å². The minimum atomic E-state index is -0.150. The molecule has 4 heteroatoms.